The Hall–Kier alpha value is -1.78. The van der Waals surface area contributed by atoms with Crippen LogP contribution < -0.4 is 5.43 Å². The van der Waals surface area contributed by atoms with Crippen molar-refractivity contribution in [3.05, 3.63) is 46.1 Å². The summed E-state index contributed by atoms with van der Waals surface area (Å²) in [6.07, 6.45) is 1.41. The fraction of sp³-hybridized carbons (Fsp3) is 0.0769. The van der Waals surface area contributed by atoms with Crippen LogP contribution in [-0.2, 0) is 4.79 Å². The monoisotopic (exact) mass is 296 g/mol. The van der Waals surface area contributed by atoms with Gasteiger partial charge in [0.2, 0.25) is 5.91 Å². The van der Waals surface area contributed by atoms with Gasteiger partial charge in [-0.2, -0.15) is 5.10 Å². The number of nitrogens with one attached hydrogen (secondary N) is 1. The Balaban J connectivity index is 2.23. The molecule has 0 bridgehead atoms. The van der Waals surface area contributed by atoms with Crippen molar-refractivity contribution in [3.8, 4) is 11.3 Å². The quantitative estimate of drug-likeness (QED) is 0.693. The van der Waals surface area contributed by atoms with Gasteiger partial charge in [0, 0.05) is 17.5 Å². The number of rotatable bonds is 3. The van der Waals surface area contributed by atoms with Crippen molar-refractivity contribution < 1.29 is 9.21 Å². The van der Waals surface area contributed by atoms with Crippen molar-refractivity contribution in [1.82, 2.24) is 5.43 Å². The summed E-state index contributed by atoms with van der Waals surface area (Å²) in [6.45, 7) is 1.37. The molecule has 6 heteroatoms. The molecule has 0 aliphatic carbocycles. The number of carbonyl (C=O) groups excluding carboxylic acids is 1. The van der Waals surface area contributed by atoms with Crippen LogP contribution in [0.4, 0.5) is 0 Å². The molecule has 19 heavy (non-hydrogen) atoms. The molecule has 0 aliphatic heterocycles. The molecule has 1 aromatic heterocycles. The Morgan fingerprint density at radius 2 is 2.11 bits per heavy atom. The van der Waals surface area contributed by atoms with Crippen molar-refractivity contribution >= 4 is 35.3 Å². The van der Waals surface area contributed by atoms with Crippen molar-refractivity contribution in [3.63, 3.8) is 0 Å². The second-order valence-electron chi connectivity index (χ2n) is 3.75. The van der Waals surface area contributed by atoms with E-state index in [0.29, 0.717) is 27.1 Å². The minimum absolute atomic E-state index is 0.249. The van der Waals surface area contributed by atoms with Gasteiger partial charge >= 0.3 is 0 Å². The number of hydrogen-bond acceptors (Lipinski definition) is 3. The maximum atomic E-state index is 10.7. The third kappa shape index (κ3) is 3.59. The van der Waals surface area contributed by atoms with E-state index >= 15 is 0 Å². The molecule has 98 valence electrons. The molecule has 0 spiro atoms. The average molecular weight is 297 g/mol. The maximum absolute atomic E-state index is 10.7. The largest absolute Gasteiger partial charge is 0.455 e. The van der Waals surface area contributed by atoms with Gasteiger partial charge in [0.05, 0.1) is 11.2 Å². The summed E-state index contributed by atoms with van der Waals surface area (Å²) >= 11 is 12.0. The van der Waals surface area contributed by atoms with Crippen LogP contribution in [0.1, 0.15) is 12.7 Å². The van der Waals surface area contributed by atoms with Crippen molar-refractivity contribution in [2.75, 3.05) is 0 Å². The maximum Gasteiger partial charge on any atom is 0.236 e. The third-order valence-electron chi connectivity index (χ3n) is 2.23. The first-order valence-corrected chi connectivity index (χ1v) is 6.17. The van der Waals surface area contributed by atoms with E-state index in [0.717, 1.165) is 0 Å². The molecule has 0 saturated carbocycles. The van der Waals surface area contributed by atoms with E-state index in [1.807, 2.05) is 0 Å². The van der Waals surface area contributed by atoms with Gasteiger partial charge < -0.3 is 4.42 Å². The molecular weight excluding hydrogens is 287 g/mol. The SMILES string of the molecule is CC(=O)NN=Cc1ccc(-c2cc(Cl)ccc2Cl)o1. The molecule has 0 fully saturated rings. The van der Waals surface area contributed by atoms with E-state index in [2.05, 4.69) is 10.5 Å². The first-order valence-electron chi connectivity index (χ1n) is 5.41. The normalized spacial score (nSPS) is 10.9. The number of halogens is 2. The van der Waals surface area contributed by atoms with E-state index in [9.17, 15) is 4.79 Å². The Bertz CT molecular complexity index is 635. The zero-order valence-electron chi connectivity index (χ0n) is 9.98. The van der Waals surface area contributed by atoms with Crippen molar-refractivity contribution in [2.24, 2.45) is 5.10 Å². The summed E-state index contributed by atoms with van der Waals surface area (Å²) in [5, 5.41) is 4.83. The van der Waals surface area contributed by atoms with Gasteiger partial charge in [0.15, 0.2) is 0 Å². The smallest absolute Gasteiger partial charge is 0.236 e. The van der Waals surface area contributed by atoms with Gasteiger partial charge in [0.25, 0.3) is 0 Å². The van der Waals surface area contributed by atoms with E-state index in [4.69, 9.17) is 27.6 Å². The molecule has 2 rings (SSSR count). The van der Waals surface area contributed by atoms with Gasteiger partial charge in [-0.25, -0.2) is 5.43 Å². The lowest BCUT2D eigenvalue weighted by atomic mass is 10.2. The highest BCUT2D eigenvalue weighted by atomic mass is 35.5. The van der Waals surface area contributed by atoms with Crippen LogP contribution in [0.15, 0.2) is 39.9 Å². The van der Waals surface area contributed by atoms with Crippen LogP contribution >= 0.6 is 23.2 Å². The number of hydrogen-bond donors (Lipinski definition) is 1. The lowest BCUT2D eigenvalue weighted by Gasteiger charge is -2.00. The zero-order chi connectivity index (χ0) is 13.8. The molecular formula is C13H10Cl2N2O2. The number of nitrogens with zero attached hydrogens (tertiary/aromatic N) is 1. The molecule has 0 saturated heterocycles. The van der Waals surface area contributed by atoms with Gasteiger partial charge in [-0.3, -0.25) is 4.79 Å². The van der Waals surface area contributed by atoms with Gasteiger partial charge in [-0.15, -0.1) is 0 Å². The first kappa shape index (κ1) is 13.6. The highest BCUT2D eigenvalue weighted by Gasteiger charge is 2.08. The number of furan rings is 1. The lowest BCUT2D eigenvalue weighted by molar-refractivity contribution is -0.118. The summed E-state index contributed by atoms with van der Waals surface area (Å²) in [6, 6.07) is 8.60. The number of hydrazone groups is 1. The molecule has 1 amide bonds. The second-order valence-corrected chi connectivity index (χ2v) is 4.60. The molecule has 0 aliphatic rings. The van der Waals surface area contributed by atoms with E-state index in [-0.39, 0.29) is 5.91 Å². The standard InChI is InChI=1S/C13H10Cl2N2O2/c1-8(18)17-16-7-10-3-5-13(19-10)11-6-9(14)2-4-12(11)15/h2-7H,1H3,(H,17,18). The van der Waals surface area contributed by atoms with E-state index in [1.54, 1.807) is 30.3 Å². The van der Waals surface area contributed by atoms with Gasteiger partial charge in [0.1, 0.15) is 11.5 Å². The number of amides is 1. The third-order valence-corrected chi connectivity index (χ3v) is 2.80. The van der Waals surface area contributed by atoms with Crippen LogP contribution in [0.5, 0.6) is 0 Å². The van der Waals surface area contributed by atoms with Gasteiger partial charge in [-0.1, -0.05) is 23.2 Å². The number of carbonyl (C=O) groups is 1. The lowest BCUT2D eigenvalue weighted by Crippen LogP contribution is -2.12. The number of benzene rings is 1. The molecule has 0 radical (unpaired) electrons. The Kier molecular flexibility index (Phi) is 4.24. The summed E-state index contributed by atoms with van der Waals surface area (Å²) in [7, 11) is 0. The highest BCUT2D eigenvalue weighted by molar-refractivity contribution is 6.35. The molecule has 1 N–H and O–H groups in total. The predicted octanol–water partition coefficient (Wildman–Crippen LogP) is 3.72. The Morgan fingerprint density at radius 3 is 2.84 bits per heavy atom. The summed E-state index contributed by atoms with van der Waals surface area (Å²) in [4.78, 5) is 10.7. The average Bonchev–Trinajstić information content (AvgIpc) is 2.80. The van der Waals surface area contributed by atoms with Crippen molar-refractivity contribution in [1.29, 1.82) is 0 Å². The Morgan fingerprint density at radius 1 is 1.32 bits per heavy atom. The van der Waals surface area contributed by atoms with Crippen LogP contribution in [0.3, 0.4) is 0 Å². The van der Waals surface area contributed by atoms with Crippen LogP contribution in [-0.4, -0.2) is 12.1 Å². The van der Waals surface area contributed by atoms with Crippen LogP contribution in [0, 0.1) is 0 Å². The highest BCUT2D eigenvalue weighted by Crippen LogP contribution is 2.31. The van der Waals surface area contributed by atoms with E-state index < -0.39 is 0 Å². The molecule has 2 aromatic rings. The van der Waals surface area contributed by atoms with Gasteiger partial charge in [-0.05, 0) is 30.3 Å². The first-order chi connectivity index (χ1) is 9.06. The summed E-state index contributed by atoms with van der Waals surface area (Å²) < 4.78 is 5.54. The molecule has 1 aromatic carbocycles. The fourth-order valence-corrected chi connectivity index (χ4v) is 1.82. The molecule has 1 heterocycles. The van der Waals surface area contributed by atoms with Crippen molar-refractivity contribution in [2.45, 2.75) is 6.92 Å². The zero-order valence-corrected chi connectivity index (χ0v) is 11.5. The molecule has 0 atom stereocenters. The summed E-state index contributed by atoms with van der Waals surface area (Å²) in [5.74, 6) is 0.831. The molecule has 0 unspecified atom stereocenters. The summed E-state index contributed by atoms with van der Waals surface area (Å²) in [5.41, 5.74) is 2.99. The minimum Gasteiger partial charge on any atom is -0.455 e. The van der Waals surface area contributed by atoms with E-state index in [1.165, 1.54) is 13.1 Å². The van der Waals surface area contributed by atoms with Crippen LogP contribution in [0.2, 0.25) is 10.0 Å². The predicted molar refractivity (Wildman–Crippen MR) is 75.6 cm³/mol. The van der Waals surface area contributed by atoms with Crippen LogP contribution in [0.25, 0.3) is 11.3 Å². The Labute approximate surface area is 120 Å². The molecule has 4 nitrogen and oxygen atoms in total. The topological polar surface area (TPSA) is 54.6 Å². The second kappa shape index (κ2) is 5.91. The fourth-order valence-electron chi connectivity index (χ4n) is 1.44. The minimum atomic E-state index is -0.249.